The number of halogens is 1. The van der Waals surface area contributed by atoms with Gasteiger partial charge in [0.1, 0.15) is 18.0 Å². The third-order valence-electron chi connectivity index (χ3n) is 1.86. The predicted octanol–water partition coefficient (Wildman–Crippen LogP) is 3.21. The van der Waals surface area contributed by atoms with Gasteiger partial charge < -0.3 is 4.42 Å². The summed E-state index contributed by atoms with van der Waals surface area (Å²) in [5.41, 5.74) is 1.52. The molecular formula is C10H9FO. The van der Waals surface area contributed by atoms with Gasteiger partial charge in [0.2, 0.25) is 0 Å². The van der Waals surface area contributed by atoms with E-state index in [0.717, 1.165) is 16.7 Å². The molecule has 0 amide bonds. The highest BCUT2D eigenvalue weighted by Crippen LogP contribution is 2.20. The van der Waals surface area contributed by atoms with Crippen molar-refractivity contribution in [2.24, 2.45) is 0 Å². The van der Waals surface area contributed by atoms with Gasteiger partial charge in [0.25, 0.3) is 0 Å². The molecule has 0 saturated heterocycles. The van der Waals surface area contributed by atoms with Crippen molar-refractivity contribution in [1.29, 1.82) is 0 Å². The Morgan fingerprint density at radius 3 is 2.92 bits per heavy atom. The quantitative estimate of drug-likeness (QED) is 0.630. The van der Waals surface area contributed by atoms with E-state index in [4.69, 9.17) is 4.42 Å². The Balaban J connectivity index is 2.66. The van der Waals surface area contributed by atoms with E-state index in [2.05, 4.69) is 0 Å². The zero-order chi connectivity index (χ0) is 8.55. The van der Waals surface area contributed by atoms with Crippen LogP contribution in [0.5, 0.6) is 0 Å². The fourth-order valence-electron chi connectivity index (χ4n) is 1.31. The number of hydrogen-bond donors (Lipinski definition) is 0. The van der Waals surface area contributed by atoms with Crippen molar-refractivity contribution >= 4 is 11.0 Å². The van der Waals surface area contributed by atoms with E-state index in [9.17, 15) is 4.39 Å². The SMILES string of the molecule is Cc1cc2cc(CF)ccc2o1. The number of aryl methyl sites for hydroxylation is 1. The Bertz CT molecular complexity index is 403. The molecule has 0 N–H and O–H groups in total. The van der Waals surface area contributed by atoms with Crippen LogP contribution >= 0.6 is 0 Å². The summed E-state index contributed by atoms with van der Waals surface area (Å²) in [6.45, 7) is 1.47. The van der Waals surface area contributed by atoms with Crippen LogP contribution in [0.25, 0.3) is 11.0 Å². The van der Waals surface area contributed by atoms with Crippen LogP contribution in [0, 0.1) is 6.92 Å². The molecule has 2 rings (SSSR count). The molecule has 1 aromatic heterocycles. The zero-order valence-electron chi connectivity index (χ0n) is 6.80. The van der Waals surface area contributed by atoms with Gasteiger partial charge in [-0.2, -0.15) is 0 Å². The molecule has 0 radical (unpaired) electrons. The molecule has 12 heavy (non-hydrogen) atoms. The first kappa shape index (κ1) is 7.35. The minimum absolute atomic E-state index is 0.417. The number of alkyl halides is 1. The van der Waals surface area contributed by atoms with E-state index in [1.807, 2.05) is 19.1 Å². The van der Waals surface area contributed by atoms with E-state index in [-0.39, 0.29) is 0 Å². The lowest BCUT2D eigenvalue weighted by molar-refractivity contribution is 0.485. The molecule has 2 aromatic rings. The average molecular weight is 164 g/mol. The summed E-state index contributed by atoms with van der Waals surface area (Å²) in [5.74, 6) is 0.862. The molecule has 1 nitrogen and oxygen atoms in total. The molecule has 0 saturated carbocycles. The first-order chi connectivity index (χ1) is 5.79. The lowest BCUT2D eigenvalue weighted by Crippen LogP contribution is -1.75. The van der Waals surface area contributed by atoms with Crippen molar-refractivity contribution in [2.45, 2.75) is 13.6 Å². The molecule has 0 aliphatic heterocycles. The third-order valence-corrected chi connectivity index (χ3v) is 1.86. The Hall–Kier alpha value is -1.31. The van der Waals surface area contributed by atoms with Crippen molar-refractivity contribution in [3.63, 3.8) is 0 Å². The van der Waals surface area contributed by atoms with E-state index in [0.29, 0.717) is 5.56 Å². The van der Waals surface area contributed by atoms with Crippen molar-refractivity contribution in [3.05, 3.63) is 35.6 Å². The molecule has 1 aromatic carbocycles. The normalized spacial score (nSPS) is 10.8. The number of rotatable bonds is 1. The second-order valence-electron chi connectivity index (χ2n) is 2.86. The van der Waals surface area contributed by atoms with Crippen LogP contribution in [-0.4, -0.2) is 0 Å². The topological polar surface area (TPSA) is 13.1 Å². The average Bonchev–Trinajstić information content (AvgIpc) is 2.43. The van der Waals surface area contributed by atoms with Crippen LogP contribution in [0.2, 0.25) is 0 Å². The van der Waals surface area contributed by atoms with Crippen LogP contribution in [-0.2, 0) is 6.67 Å². The van der Waals surface area contributed by atoms with Crippen LogP contribution < -0.4 is 0 Å². The van der Waals surface area contributed by atoms with E-state index >= 15 is 0 Å². The standard InChI is InChI=1S/C10H9FO/c1-7-4-9-5-8(6-11)2-3-10(9)12-7/h2-5H,6H2,1H3. The molecule has 2 heteroatoms. The summed E-state index contributed by atoms with van der Waals surface area (Å²) < 4.78 is 17.6. The summed E-state index contributed by atoms with van der Waals surface area (Å²) >= 11 is 0. The van der Waals surface area contributed by atoms with Crippen LogP contribution in [0.4, 0.5) is 4.39 Å². The summed E-state index contributed by atoms with van der Waals surface area (Å²) in [4.78, 5) is 0. The van der Waals surface area contributed by atoms with Gasteiger partial charge in [-0.15, -0.1) is 0 Å². The van der Waals surface area contributed by atoms with Gasteiger partial charge >= 0.3 is 0 Å². The van der Waals surface area contributed by atoms with Crippen LogP contribution in [0.1, 0.15) is 11.3 Å². The Morgan fingerprint density at radius 2 is 2.17 bits per heavy atom. The van der Waals surface area contributed by atoms with Gasteiger partial charge in [0.05, 0.1) is 0 Å². The molecular weight excluding hydrogens is 155 g/mol. The highest BCUT2D eigenvalue weighted by molar-refractivity contribution is 5.78. The molecule has 0 spiro atoms. The maximum atomic E-state index is 12.2. The smallest absolute Gasteiger partial charge is 0.134 e. The minimum atomic E-state index is -0.417. The van der Waals surface area contributed by atoms with Crippen molar-refractivity contribution in [2.75, 3.05) is 0 Å². The lowest BCUT2D eigenvalue weighted by Gasteiger charge is -1.91. The second kappa shape index (κ2) is 2.63. The number of hydrogen-bond acceptors (Lipinski definition) is 1. The molecule has 62 valence electrons. The fraction of sp³-hybridized carbons (Fsp3) is 0.200. The first-order valence-corrected chi connectivity index (χ1v) is 3.84. The maximum absolute atomic E-state index is 12.2. The van der Waals surface area contributed by atoms with Gasteiger partial charge in [-0.1, -0.05) is 6.07 Å². The van der Waals surface area contributed by atoms with Gasteiger partial charge in [0, 0.05) is 5.39 Å². The highest BCUT2D eigenvalue weighted by atomic mass is 19.1. The predicted molar refractivity (Wildman–Crippen MR) is 45.8 cm³/mol. The molecule has 0 unspecified atom stereocenters. The molecule has 0 bridgehead atoms. The molecule has 0 aliphatic carbocycles. The van der Waals surface area contributed by atoms with E-state index in [1.54, 1.807) is 12.1 Å². The summed E-state index contributed by atoms with van der Waals surface area (Å²) in [5, 5.41) is 0.975. The highest BCUT2D eigenvalue weighted by Gasteiger charge is 2.00. The van der Waals surface area contributed by atoms with E-state index < -0.39 is 6.67 Å². The maximum Gasteiger partial charge on any atom is 0.134 e. The Kier molecular flexibility index (Phi) is 1.61. The molecule has 0 fully saturated rings. The van der Waals surface area contributed by atoms with Gasteiger partial charge in [-0.25, -0.2) is 4.39 Å². The lowest BCUT2D eigenvalue weighted by atomic mass is 10.2. The molecule has 0 atom stereocenters. The largest absolute Gasteiger partial charge is 0.461 e. The van der Waals surface area contributed by atoms with Crippen molar-refractivity contribution in [1.82, 2.24) is 0 Å². The molecule has 1 heterocycles. The van der Waals surface area contributed by atoms with Gasteiger partial charge in [-0.3, -0.25) is 0 Å². The van der Waals surface area contributed by atoms with Gasteiger partial charge in [-0.05, 0) is 30.7 Å². The van der Waals surface area contributed by atoms with Crippen molar-refractivity contribution in [3.8, 4) is 0 Å². The second-order valence-corrected chi connectivity index (χ2v) is 2.86. The minimum Gasteiger partial charge on any atom is -0.461 e. The third kappa shape index (κ3) is 1.09. The Labute approximate surface area is 69.8 Å². The van der Waals surface area contributed by atoms with Crippen LogP contribution in [0.15, 0.2) is 28.7 Å². The monoisotopic (exact) mass is 164 g/mol. The van der Waals surface area contributed by atoms with E-state index in [1.165, 1.54) is 0 Å². The van der Waals surface area contributed by atoms with Gasteiger partial charge in [0.15, 0.2) is 0 Å². The number of fused-ring (bicyclic) bond motifs is 1. The fourth-order valence-corrected chi connectivity index (χ4v) is 1.31. The molecule has 0 aliphatic rings. The number of benzene rings is 1. The number of furan rings is 1. The zero-order valence-corrected chi connectivity index (χ0v) is 6.80. The summed E-state index contributed by atoms with van der Waals surface area (Å²) in [6.07, 6.45) is 0. The first-order valence-electron chi connectivity index (χ1n) is 3.84. The summed E-state index contributed by atoms with van der Waals surface area (Å²) in [6, 6.07) is 7.27. The van der Waals surface area contributed by atoms with Crippen molar-refractivity contribution < 1.29 is 8.81 Å². The summed E-state index contributed by atoms with van der Waals surface area (Å²) in [7, 11) is 0. The van der Waals surface area contributed by atoms with Crippen LogP contribution in [0.3, 0.4) is 0 Å². The Morgan fingerprint density at radius 1 is 1.33 bits per heavy atom.